The summed E-state index contributed by atoms with van der Waals surface area (Å²) in [6.45, 7) is 0.632. The van der Waals surface area contributed by atoms with Gasteiger partial charge in [-0.3, -0.25) is 10.1 Å². The summed E-state index contributed by atoms with van der Waals surface area (Å²) in [4.78, 5) is 22.1. The van der Waals surface area contributed by atoms with E-state index in [-0.39, 0.29) is 11.9 Å². The molecule has 0 saturated carbocycles. The molecule has 0 saturated heterocycles. The third-order valence-corrected chi connectivity index (χ3v) is 2.64. The van der Waals surface area contributed by atoms with E-state index in [1.807, 2.05) is 24.3 Å². The minimum Gasteiger partial charge on any atom is -0.351 e. The van der Waals surface area contributed by atoms with E-state index in [9.17, 15) is 9.59 Å². The summed E-state index contributed by atoms with van der Waals surface area (Å²) in [5.41, 5.74) is 7.21. The Morgan fingerprint density at radius 3 is 2.69 bits per heavy atom. The normalized spacial score (nSPS) is 18.6. The van der Waals surface area contributed by atoms with Gasteiger partial charge in [0.25, 0.3) is 0 Å². The summed E-state index contributed by atoms with van der Waals surface area (Å²) in [6, 6.07) is 6.70. The predicted molar refractivity (Wildman–Crippen MR) is 58.5 cm³/mol. The lowest BCUT2D eigenvalue weighted by Crippen LogP contribution is -2.50. The summed E-state index contributed by atoms with van der Waals surface area (Å²) >= 11 is 0. The molecule has 0 aromatic heterocycles. The maximum absolute atomic E-state index is 11.5. The first-order valence-electron chi connectivity index (χ1n) is 5.07. The molecule has 2 rings (SSSR count). The standard InChI is InChI=1S/C11H13N3O2/c12-11(16)14-10(15)9-5-7-3-1-2-4-8(7)6-13-9/h1-4,9,13H,5-6H2,(H3,12,14,15,16). The maximum Gasteiger partial charge on any atom is 0.318 e. The summed E-state index contributed by atoms with van der Waals surface area (Å²) < 4.78 is 0. The van der Waals surface area contributed by atoms with Gasteiger partial charge < -0.3 is 11.1 Å². The fourth-order valence-corrected chi connectivity index (χ4v) is 1.85. The molecule has 1 atom stereocenters. The van der Waals surface area contributed by atoms with Crippen molar-refractivity contribution in [2.24, 2.45) is 5.73 Å². The number of nitrogens with two attached hydrogens (primary N) is 1. The number of imide groups is 1. The number of hydrogen-bond acceptors (Lipinski definition) is 3. The second-order valence-corrected chi connectivity index (χ2v) is 3.76. The number of urea groups is 1. The molecule has 1 aliphatic rings. The van der Waals surface area contributed by atoms with E-state index >= 15 is 0 Å². The Kier molecular flexibility index (Phi) is 2.87. The van der Waals surface area contributed by atoms with Crippen molar-refractivity contribution in [1.29, 1.82) is 0 Å². The molecule has 1 aromatic carbocycles. The van der Waals surface area contributed by atoms with Crippen LogP contribution in [0.15, 0.2) is 24.3 Å². The Labute approximate surface area is 93.0 Å². The first kappa shape index (κ1) is 10.6. The first-order valence-corrected chi connectivity index (χ1v) is 5.07. The lowest BCUT2D eigenvalue weighted by Gasteiger charge is -2.24. The highest BCUT2D eigenvalue weighted by molar-refractivity contribution is 5.96. The summed E-state index contributed by atoms with van der Waals surface area (Å²) in [7, 11) is 0. The van der Waals surface area contributed by atoms with Crippen LogP contribution in [0.4, 0.5) is 4.79 Å². The zero-order valence-corrected chi connectivity index (χ0v) is 8.69. The molecule has 5 nitrogen and oxygen atoms in total. The molecule has 1 aliphatic heterocycles. The van der Waals surface area contributed by atoms with Gasteiger partial charge in [-0.1, -0.05) is 24.3 Å². The van der Waals surface area contributed by atoms with E-state index in [0.29, 0.717) is 13.0 Å². The van der Waals surface area contributed by atoms with E-state index in [1.165, 1.54) is 5.56 Å². The van der Waals surface area contributed by atoms with Gasteiger partial charge in [-0.25, -0.2) is 4.79 Å². The first-order chi connectivity index (χ1) is 7.66. The number of nitrogens with one attached hydrogen (secondary N) is 2. The number of hydrogen-bond donors (Lipinski definition) is 3. The minimum absolute atomic E-state index is 0.373. The number of primary amides is 1. The molecule has 0 bridgehead atoms. The van der Waals surface area contributed by atoms with Crippen molar-refractivity contribution < 1.29 is 9.59 Å². The average Bonchev–Trinajstić information content (AvgIpc) is 2.27. The van der Waals surface area contributed by atoms with Gasteiger partial charge in [0.2, 0.25) is 5.91 Å². The monoisotopic (exact) mass is 219 g/mol. The summed E-state index contributed by atoms with van der Waals surface area (Å²) in [5.74, 6) is -0.373. The fourth-order valence-electron chi connectivity index (χ4n) is 1.85. The predicted octanol–water partition coefficient (Wildman–Crippen LogP) is -0.104. The van der Waals surface area contributed by atoms with Crippen LogP contribution in [-0.4, -0.2) is 18.0 Å². The van der Waals surface area contributed by atoms with Gasteiger partial charge in [0, 0.05) is 6.54 Å². The van der Waals surface area contributed by atoms with Gasteiger partial charge in [0.1, 0.15) is 0 Å². The van der Waals surface area contributed by atoms with Crippen LogP contribution in [0.3, 0.4) is 0 Å². The number of carbonyl (C=O) groups excluding carboxylic acids is 2. The van der Waals surface area contributed by atoms with Crippen LogP contribution in [-0.2, 0) is 17.8 Å². The SMILES string of the molecule is NC(=O)NC(=O)C1Cc2ccccc2CN1. The van der Waals surface area contributed by atoms with Crippen molar-refractivity contribution in [2.45, 2.75) is 19.0 Å². The number of fused-ring (bicyclic) bond motifs is 1. The maximum atomic E-state index is 11.5. The third-order valence-electron chi connectivity index (χ3n) is 2.64. The van der Waals surface area contributed by atoms with Crippen LogP contribution >= 0.6 is 0 Å². The van der Waals surface area contributed by atoms with Crippen molar-refractivity contribution in [2.75, 3.05) is 0 Å². The topological polar surface area (TPSA) is 84.2 Å². The van der Waals surface area contributed by atoms with Crippen LogP contribution in [0.5, 0.6) is 0 Å². The van der Waals surface area contributed by atoms with Crippen molar-refractivity contribution in [1.82, 2.24) is 10.6 Å². The summed E-state index contributed by atoms with van der Waals surface area (Å²) in [5, 5.41) is 5.14. The molecule has 0 radical (unpaired) electrons. The number of benzene rings is 1. The molecule has 1 unspecified atom stereocenters. The number of rotatable bonds is 1. The molecule has 1 heterocycles. The Hall–Kier alpha value is -1.88. The smallest absolute Gasteiger partial charge is 0.318 e. The quantitative estimate of drug-likeness (QED) is 0.616. The number of amides is 3. The van der Waals surface area contributed by atoms with Gasteiger partial charge in [0.05, 0.1) is 6.04 Å². The summed E-state index contributed by atoms with van der Waals surface area (Å²) in [6.07, 6.45) is 0.579. The largest absolute Gasteiger partial charge is 0.351 e. The fraction of sp³-hybridized carbons (Fsp3) is 0.273. The van der Waals surface area contributed by atoms with E-state index in [4.69, 9.17) is 5.73 Å². The van der Waals surface area contributed by atoms with Crippen LogP contribution in [0, 0.1) is 0 Å². The van der Waals surface area contributed by atoms with Gasteiger partial charge >= 0.3 is 6.03 Å². The van der Waals surface area contributed by atoms with Crippen molar-refractivity contribution in [3.63, 3.8) is 0 Å². The van der Waals surface area contributed by atoms with E-state index in [0.717, 1.165) is 5.56 Å². The van der Waals surface area contributed by atoms with E-state index in [2.05, 4.69) is 10.6 Å². The molecule has 0 spiro atoms. The third kappa shape index (κ3) is 2.20. The molecule has 0 aliphatic carbocycles. The van der Waals surface area contributed by atoms with Crippen molar-refractivity contribution >= 4 is 11.9 Å². The molecule has 0 fully saturated rings. The number of carbonyl (C=O) groups is 2. The van der Waals surface area contributed by atoms with Crippen molar-refractivity contribution in [3.05, 3.63) is 35.4 Å². The van der Waals surface area contributed by atoms with E-state index < -0.39 is 6.03 Å². The highest BCUT2D eigenvalue weighted by atomic mass is 16.2. The van der Waals surface area contributed by atoms with Crippen molar-refractivity contribution in [3.8, 4) is 0 Å². The minimum atomic E-state index is -0.814. The zero-order valence-electron chi connectivity index (χ0n) is 8.69. The van der Waals surface area contributed by atoms with Gasteiger partial charge in [0.15, 0.2) is 0 Å². The molecule has 1 aromatic rings. The molecular weight excluding hydrogens is 206 g/mol. The Bertz CT molecular complexity index is 431. The Balaban J connectivity index is 2.08. The average molecular weight is 219 g/mol. The Morgan fingerprint density at radius 1 is 1.31 bits per heavy atom. The molecule has 5 heteroatoms. The van der Waals surface area contributed by atoms with Crippen LogP contribution in [0.2, 0.25) is 0 Å². The second-order valence-electron chi connectivity index (χ2n) is 3.76. The zero-order chi connectivity index (χ0) is 11.5. The van der Waals surface area contributed by atoms with Gasteiger partial charge in [-0.05, 0) is 17.5 Å². The van der Waals surface area contributed by atoms with Crippen LogP contribution < -0.4 is 16.4 Å². The van der Waals surface area contributed by atoms with Gasteiger partial charge in [-0.15, -0.1) is 0 Å². The van der Waals surface area contributed by atoms with Crippen LogP contribution in [0.1, 0.15) is 11.1 Å². The second kappa shape index (κ2) is 4.32. The molecular formula is C11H13N3O2. The highest BCUT2D eigenvalue weighted by Crippen LogP contribution is 2.15. The highest BCUT2D eigenvalue weighted by Gasteiger charge is 2.24. The molecule has 16 heavy (non-hydrogen) atoms. The Morgan fingerprint density at radius 2 is 2.00 bits per heavy atom. The molecule has 84 valence electrons. The molecule has 4 N–H and O–H groups in total. The molecule has 3 amide bonds. The van der Waals surface area contributed by atoms with Gasteiger partial charge in [-0.2, -0.15) is 0 Å². The lowest BCUT2D eigenvalue weighted by molar-refractivity contribution is -0.122. The van der Waals surface area contributed by atoms with E-state index in [1.54, 1.807) is 0 Å². The lowest BCUT2D eigenvalue weighted by atomic mass is 9.95. The van der Waals surface area contributed by atoms with Crippen LogP contribution in [0.25, 0.3) is 0 Å².